The molecule has 0 spiro atoms. The normalized spacial score (nSPS) is 40.2. The number of carbonyl (C=O) groups excluding carboxylic acids is 12. The van der Waals surface area contributed by atoms with E-state index in [9.17, 15) is 155 Å². The van der Waals surface area contributed by atoms with Crippen molar-refractivity contribution in [3.63, 3.8) is 0 Å². The van der Waals surface area contributed by atoms with Crippen molar-refractivity contribution >= 4 is 83.7 Å². The second kappa shape index (κ2) is 57.0. The Hall–Kier alpha value is -7.57. The first kappa shape index (κ1) is 124. The van der Waals surface area contributed by atoms with Crippen LogP contribution in [0.3, 0.4) is 0 Å². The van der Waals surface area contributed by atoms with E-state index in [2.05, 4.69) is 60.5 Å². The van der Waals surface area contributed by atoms with E-state index in [1.165, 1.54) is 13.8 Å². The van der Waals surface area contributed by atoms with Crippen LogP contribution < -0.4 is 47.9 Å². The van der Waals surface area contributed by atoms with Crippen LogP contribution in [0.1, 0.15) is 75.7 Å². The molecule has 0 saturated carbocycles. The van der Waals surface area contributed by atoms with Gasteiger partial charge in [-0.2, -0.15) is 12.6 Å². The zero-order valence-corrected chi connectivity index (χ0v) is 82.3. The molecule has 0 aromatic heterocycles. The molecule has 0 aromatic carbocycles. The molecule has 9 fully saturated rings. The Bertz CT molecular complexity index is 4310. The smallest absolute Gasteiger partial charge is 0.303 e. The van der Waals surface area contributed by atoms with Crippen LogP contribution >= 0.6 is 12.6 Å². The Kier molecular flexibility index (Phi) is 47.8. The molecule has 0 bridgehead atoms. The molecule has 48 atom stereocenters. The van der Waals surface area contributed by atoms with Gasteiger partial charge in [-0.05, 0) is 20.3 Å². The average molecular weight is 2170 g/mol. The average Bonchev–Trinajstić information content (AvgIpc) is 0.754. The lowest BCUT2D eigenvalue weighted by atomic mass is 9.93. The fourth-order valence-electron chi connectivity index (χ4n) is 17.5. The van der Waals surface area contributed by atoms with E-state index >= 15 is 9.59 Å². The molecule has 0 radical (unpaired) electrons. The van der Waals surface area contributed by atoms with E-state index in [4.69, 9.17) is 99.5 Å². The molecule has 0 unspecified atom stereocenters. The third kappa shape index (κ3) is 31.9. The van der Waals surface area contributed by atoms with Gasteiger partial charge in [0, 0.05) is 68.5 Å². The van der Waals surface area contributed by atoms with Crippen LogP contribution in [0.25, 0.3) is 0 Å². The summed E-state index contributed by atoms with van der Waals surface area (Å²) in [5.41, 5.74) is 0. The van der Waals surface area contributed by atoms with Gasteiger partial charge < -0.3 is 255 Å². The second-order valence-corrected chi connectivity index (χ2v) is 36.5. The monoisotopic (exact) mass is 2170 g/mol. The first-order chi connectivity index (χ1) is 69.8. The lowest BCUT2D eigenvalue weighted by Crippen LogP contribution is -2.71. The van der Waals surface area contributed by atoms with Gasteiger partial charge in [0.1, 0.15) is 220 Å². The van der Waals surface area contributed by atoms with E-state index in [0.717, 1.165) is 55.4 Å². The minimum atomic E-state index is -2.60. The molecule has 148 heavy (non-hydrogen) atoms. The van der Waals surface area contributed by atoms with Crippen molar-refractivity contribution in [2.24, 2.45) is 0 Å². The number of amides is 9. The molecule has 9 amide bonds. The van der Waals surface area contributed by atoms with Crippen molar-refractivity contribution in [1.29, 1.82) is 0 Å². The summed E-state index contributed by atoms with van der Waals surface area (Å²) in [6, 6.07) is -14.7. The quantitative estimate of drug-likeness (QED) is 0.0116. The Morgan fingerprint density at radius 2 is 0.608 bits per heavy atom. The Morgan fingerprint density at radius 1 is 0.284 bits per heavy atom. The predicted octanol–water partition coefficient (Wildman–Crippen LogP) is -20.2. The molecule has 9 rings (SSSR count). The van der Waals surface area contributed by atoms with Crippen LogP contribution in [-0.2, 0) is 157 Å². The van der Waals surface area contributed by atoms with Gasteiger partial charge >= 0.3 is 17.9 Å². The fraction of sp³-hybridized carbons (Fsp3) is 0.857. The molecular weight excluding hydrogens is 2030 g/mol. The fourth-order valence-corrected chi connectivity index (χ4v) is 17.6. The van der Waals surface area contributed by atoms with Crippen LogP contribution in [-0.4, -0.2) is 557 Å². The standard InChI is InChI=1S/C84H137N9O54S/c1-25-50(109)57(116)61(120)80(131-25)145-70-49(91-31(7)104)79(140-43(19-99)65(70)142-84-72(60(119)53(112)39(15-95)139-84)147-81-62(121)58(117)51(110)26(2)132-81)146-71-56(115)42(18-98)138-83(64(71)123)144-68-47(89-29(5)102)77(136-41(17-97)55(68)114)130-22-37(93-74(125)36(87-27(3)100)21-129-76-46(88-28(4)101)67(54(113)40(16-96)135-76)143-82-63(122)59(118)52(111)38(14-94)137-82)75(126)92-35(73(124)86-13-11-12-85-45(108)24-148)20-128-78-48(90-30(6)103)69(134-34(10)107)66(133-33(9)106)44(141-78)23-127-32(8)105/h25-26,35-44,46-72,76-84,94-99,109-123,148H,11-24H2,1-10H3,(H,85,108)(H,86,124)(H,87,100)(H,88,101)(H,89,102)(H,90,103)(H,91,104)(H,92,126)(H,93,125)/t25-,26+,35+,36+,37+,38-,39-,40-,41-,42-,43-,44-,46-,47-,48-,49-,50+,51+,52+,53+,54+,55+,56+,57+,58-,59+,60+,61-,62-,63-,64-,65-,66+,67-,68-,69-,70-,71+,72-,76+,77+,78+,79+,80-,81+,82+,83+,84+/m1/s1. The Balaban J connectivity index is 1.10. The van der Waals surface area contributed by atoms with Crippen LogP contribution in [0.2, 0.25) is 0 Å². The highest BCUT2D eigenvalue weighted by atomic mass is 32.1. The van der Waals surface area contributed by atoms with Crippen molar-refractivity contribution in [1.82, 2.24) is 47.9 Å². The third-order valence-corrected chi connectivity index (χ3v) is 25.2. The Morgan fingerprint density at radius 3 is 1.03 bits per heavy atom. The number of carbonyl (C=O) groups is 12. The van der Waals surface area contributed by atoms with Crippen LogP contribution in [0.4, 0.5) is 0 Å². The first-order valence-electron chi connectivity index (χ1n) is 47.0. The number of rotatable bonds is 46. The highest BCUT2D eigenvalue weighted by Crippen LogP contribution is 2.41. The summed E-state index contributed by atoms with van der Waals surface area (Å²) in [5, 5.41) is 256. The third-order valence-electron chi connectivity index (χ3n) is 24.9. The van der Waals surface area contributed by atoms with E-state index in [1.54, 1.807) is 0 Å². The highest BCUT2D eigenvalue weighted by molar-refractivity contribution is 7.81. The second-order valence-electron chi connectivity index (χ2n) is 36.2. The van der Waals surface area contributed by atoms with Gasteiger partial charge in [-0.25, -0.2) is 0 Å². The predicted molar refractivity (Wildman–Crippen MR) is 473 cm³/mol. The molecule has 0 aromatic rings. The van der Waals surface area contributed by atoms with Crippen LogP contribution in [0.5, 0.6) is 0 Å². The van der Waals surface area contributed by atoms with Crippen LogP contribution in [0, 0.1) is 0 Å². The summed E-state index contributed by atoms with van der Waals surface area (Å²) in [5.74, 6) is -13.3. The lowest BCUT2D eigenvalue weighted by molar-refractivity contribution is -0.400. The summed E-state index contributed by atoms with van der Waals surface area (Å²) in [4.78, 5) is 163. The molecule has 64 heteroatoms. The van der Waals surface area contributed by atoms with Gasteiger partial charge in [0.2, 0.25) is 53.2 Å². The largest absolute Gasteiger partial charge is 0.463 e. The maximum absolute atomic E-state index is 15.8. The molecule has 9 saturated heterocycles. The van der Waals surface area contributed by atoms with Crippen molar-refractivity contribution in [3.8, 4) is 0 Å². The van der Waals surface area contributed by atoms with Crippen molar-refractivity contribution < 1.29 is 264 Å². The number of thiol groups is 1. The zero-order valence-electron chi connectivity index (χ0n) is 81.4. The summed E-state index contributed by atoms with van der Waals surface area (Å²) in [6.45, 7) is -2.31. The molecule has 0 aliphatic carbocycles. The van der Waals surface area contributed by atoms with Crippen LogP contribution in [0.15, 0.2) is 0 Å². The van der Waals surface area contributed by atoms with Gasteiger partial charge in [-0.3, -0.25) is 57.5 Å². The summed E-state index contributed by atoms with van der Waals surface area (Å²) < 4.78 is 125. The Labute approximate surface area is 847 Å². The number of hydrogen-bond acceptors (Lipinski definition) is 55. The number of aliphatic hydroxyl groups is 21. The summed E-state index contributed by atoms with van der Waals surface area (Å²) in [7, 11) is 0. The van der Waals surface area contributed by atoms with E-state index in [-0.39, 0.29) is 25.3 Å². The molecule has 63 nitrogen and oxygen atoms in total. The maximum Gasteiger partial charge on any atom is 0.303 e. The van der Waals surface area contributed by atoms with Gasteiger partial charge in [-0.15, -0.1) is 0 Å². The van der Waals surface area contributed by atoms with Gasteiger partial charge in [0.05, 0.1) is 77.4 Å². The minimum Gasteiger partial charge on any atom is -0.463 e. The van der Waals surface area contributed by atoms with Gasteiger partial charge in [-0.1, -0.05) is 0 Å². The van der Waals surface area contributed by atoms with E-state index in [1.807, 2.05) is 0 Å². The van der Waals surface area contributed by atoms with Gasteiger partial charge in [0.15, 0.2) is 68.8 Å². The van der Waals surface area contributed by atoms with E-state index in [0.29, 0.717) is 0 Å². The number of ether oxygens (including phenoxy) is 21. The number of aliphatic hydroxyl groups excluding tert-OH is 21. The SMILES string of the molecule is CC(=O)N[C@H]1[C@@H](OC[C@H](NC(=O)[C@H](CO[C@H]2O[C@H](CO)[C@H](O)[C@H](O[C@@H]3O[C@H](CO)[C@H](O)[C@H](O[C@@H]4O[C@H](CO)[C@@H](O[C@@H]5O[C@H](CO)[C@H](O)[C@H](O)[C@H]5O[C@@H]5O[C@@H](C)[C@H](O)[C@@H](O)[C@H]5O)[C@H](O[C@H]5O[C@H](C)[C@H](O)[C@H](O)[C@H]5O)[C@H]4NC(C)=O)[C@H]3O)[C@H]2NC(C)=O)NC(=O)[C@H](CO[C@H]2O[C@H](CO)[C@H](O)[C@H](O[C@@H]3O[C@H](CO)[C@H](O)[C@H](O)[C@H]3O)[C@H]2NC(C)=O)NC(C)=O)C(=O)NCCCNC(=O)CS)O[C@H](COC(C)=O)[C@H](OC(C)=O)[C@@H]1OC(C)=O. The molecule has 30 N–H and O–H groups in total. The van der Waals surface area contributed by atoms with Crippen molar-refractivity contribution in [2.45, 2.75) is 370 Å². The van der Waals surface area contributed by atoms with Gasteiger partial charge in [0.25, 0.3) is 0 Å². The lowest BCUT2D eigenvalue weighted by Gasteiger charge is -2.52. The number of nitrogens with one attached hydrogen (secondary N) is 9. The minimum absolute atomic E-state index is 0.0666. The van der Waals surface area contributed by atoms with E-state index < -0.39 is 431 Å². The summed E-state index contributed by atoms with van der Waals surface area (Å²) >= 11 is 3.94. The van der Waals surface area contributed by atoms with Crippen molar-refractivity contribution in [2.75, 3.05) is 84.9 Å². The molecular formula is C84H137N9O54S. The maximum atomic E-state index is 15.8. The summed E-state index contributed by atoms with van der Waals surface area (Å²) in [6.07, 6.45) is -84.2. The first-order valence-corrected chi connectivity index (χ1v) is 47.6. The number of hydrogen-bond donors (Lipinski definition) is 31. The highest BCUT2D eigenvalue weighted by Gasteiger charge is 2.62. The molecule has 9 heterocycles. The topological polar surface area (TPSA) is 932 Å². The van der Waals surface area contributed by atoms with Crippen molar-refractivity contribution in [3.05, 3.63) is 0 Å². The molecule has 848 valence electrons. The zero-order chi connectivity index (χ0) is 110. The molecule has 9 aliphatic rings. The molecule has 9 aliphatic heterocycles. The number of esters is 3.